The normalized spacial score (nSPS) is 12.3. The van der Waals surface area contributed by atoms with Crippen molar-refractivity contribution in [3.63, 3.8) is 0 Å². The Morgan fingerprint density at radius 1 is 1.26 bits per heavy atom. The van der Waals surface area contributed by atoms with Crippen molar-refractivity contribution in [1.29, 1.82) is 0 Å². The fraction of sp³-hybridized carbons (Fsp3) is 0.300. The Balaban J connectivity index is 1.78. The molecule has 0 spiro atoms. The van der Waals surface area contributed by atoms with Gasteiger partial charge in [-0.2, -0.15) is 0 Å². The minimum absolute atomic E-state index is 0.000740. The molecule has 1 amide bonds. The predicted octanol–water partition coefficient (Wildman–Crippen LogP) is 5.09. The molecule has 27 heavy (non-hydrogen) atoms. The number of benzene rings is 2. The van der Waals surface area contributed by atoms with Crippen molar-refractivity contribution < 1.29 is 9.53 Å². The van der Waals surface area contributed by atoms with Gasteiger partial charge in [-0.15, -0.1) is 0 Å². The largest absolute Gasteiger partial charge is 0.481 e. The second-order valence-electron chi connectivity index (χ2n) is 6.48. The third-order valence-corrected chi connectivity index (χ3v) is 5.29. The molecule has 1 atom stereocenters. The molecule has 1 N–H and O–H groups in total. The molecule has 0 bridgehead atoms. The third kappa shape index (κ3) is 4.34. The van der Waals surface area contributed by atoms with Gasteiger partial charge in [0.15, 0.2) is 6.10 Å². The van der Waals surface area contributed by atoms with E-state index in [-0.39, 0.29) is 16.8 Å². The van der Waals surface area contributed by atoms with Gasteiger partial charge in [0.25, 0.3) is 5.91 Å². The van der Waals surface area contributed by atoms with Crippen molar-refractivity contribution in [3.05, 3.63) is 57.2 Å². The van der Waals surface area contributed by atoms with Gasteiger partial charge in [-0.3, -0.25) is 14.2 Å². The van der Waals surface area contributed by atoms with Crippen LogP contribution in [-0.2, 0) is 4.79 Å². The monoisotopic (exact) mass is 404 g/mol. The molecule has 1 aromatic heterocycles. The average molecular weight is 405 g/mol. The Hall–Kier alpha value is -2.31. The van der Waals surface area contributed by atoms with E-state index in [1.807, 2.05) is 32.9 Å². The molecule has 0 radical (unpaired) electrons. The number of carbonyl (C=O) groups excluding carboxylic acids is 1. The fourth-order valence-electron chi connectivity index (χ4n) is 2.85. The number of fused-ring (bicyclic) bond motifs is 1. The van der Waals surface area contributed by atoms with Gasteiger partial charge in [-0.05, 0) is 56.7 Å². The van der Waals surface area contributed by atoms with Crippen LogP contribution in [0.5, 0.6) is 5.75 Å². The number of thiazole rings is 1. The molecule has 0 unspecified atom stereocenters. The van der Waals surface area contributed by atoms with E-state index in [1.165, 1.54) is 11.3 Å². The van der Waals surface area contributed by atoms with Crippen LogP contribution in [0, 0.1) is 0 Å². The van der Waals surface area contributed by atoms with Crippen LogP contribution in [0.15, 0.2) is 47.3 Å². The second-order valence-corrected chi connectivity index (χ2v) is 7.91. The number of aromatic nitrogens is 1. The number of carbonyl (C=O) groups is 1. The van der Waals surface area contributed by atoms with Crippen molar-refractivity contribution in [2.75, 3.05) is 5.32 Å². The Morgan fingerprint density at radius 3 is 2.70 bits per heavy atom. The highest BCUT2D eigenvalue weighted by molar-refractivity contribution is 7.16. The van der Waals surface area contributed by atoms with E-state index in [9.17, 15) is 9.59 Å². The number of halogens is 1. The molecule has 1 heterocycles. The van der Waals surface area contributed by atoms with Crippen LogP contribution in [0.2, 0.25) is 5.02 Å². The highest BCUT2D eigenvalue weighted by Gasteiger charge is 2.19. The molecular formula is C20H21ClN2O3S. The molecule has 7 heteroatoms. The number of nitrogens with one attached hydrogen (secondary N) is 1. The first kappa shape index (κ1) is 19.5. The lowest BCUT2D eigenvalue weighted by Gasteiger charge is -2.17. The quantitative estimate of drug-likeness (QED) is 0.622. The summed E-state index contributed by atoms with van der Waals surface area (Å²) in [4.78, 5) is 24.8. The average Bonchev–Trinajstić information content (AvgIpc) is 2.94. The lowest BCUT2D eigenvalue weighted by atomic mass is 10.2. The third-order valence-electron chi connectivity index (χ3n) is 4.13. The molecule has 0 saturated carbocycles. The number of rotatable bonds is 6. The van der Waals surface area contributed by atoms with Gasteiger partial charge in [-0.25, -0.2) is 0 Å². The first-order valence-electron chi connectivity index (χ1n) is 8.77. The minimum atomic E-state index is -0.641. The van der Waals surface area contributed by atoms with E-state index in [1.54, 1.807) is 34.9 Å². The summed E-state index contributed by atoms with van der Waals surface area (Å²) in [7, 11) is 0. The van der Waals surface area contributed by atoms with Crippen molar-refractivity contribution in [2.24, 2.45) is 0 Å². The fourth-order valence-corrected chi connectivity index (χ4v) is 4.09. The number of nitrogens with zero attached hydrogens (tertiary/aromatic N) is 1. The minimum Gasteiger partial charge on any atom is -0.481 e. The molecule has 3 rings (SSSR count). The van der Waals surface area contributed by atoms with Gasteiger partial charge in [0.1, 0.15) is 5.75 Å². The van der Waals surface area contributed by atoms with E-state index < -0.39 is 6.10 Å². The first-order valence-corrected chi connectivity index (χ1v) is 9.96. The predicted molar refractivity (Wildman–Crippen MR) is 111 cm³/mol. The van der Waals surface area contributed by atoms with Crippen LogP contribution in [-0.4, -0.2) is 16.6 Å². The summed E-state index contributed by atoms with van der Waals surface area (Å²) in [6.45, 7) is 5.83. The molecule has 3 aromatic rings. The zero-order valence-electron chi connectivity index (χ0n) is 15.4. The van der Waals surface area contributed by atoms with E-state index in [0.717, 1.165) is 10.2 Å². The Bertz CT molecular complexity index is 1030. The maximum absolute atomic E-state index is 12.6. The zero-order chi connectivity index (χ0) is 19.6. The topological polar surface area (TPSA) is 60.3 Å². The molecule has 0 aliphatic rings. The molecule has 0 fully saturated rings. The number of anilines is 1. The first-order chi connectivity index (χ1) is 12.9. The standard InChI is InChI=1S/C20H21ClN2O3S/c1-4-17(26-15-7-5-6-13(21)10-15)19(24)22-14-8-9-16-18(11-14)27-20(25)23(16)12(2)3/h5-12,17H,4H2,1-3H3,(H,22,24)/t17-/m1/s1. The van der Waals surface area contributed by atoms with Gasteiger partial charge < -0.3 is 10.1 Å². The highest BCUT2D eigenvalue weighted by atomic mass is 35.5. The van der Waals surface area contributed by atoms with E-state index in [4.69, 9.17) is 16.3 Å². The van der Waals surface area contributed by atoms with Gasteiger partial charge in [0, 0.05) is 16.8 Å². The zero-order valence-corrected chi connectivity index (χ0v) is 16.9. The van der Waals surface area contributed by atoms with E-state index in [0.29, 0.717) is 22.9 Å². The maximum atomic E-state index is 12.6. The van der Waals surface area contributed by atoms with Gasteiger partial charge in [-0.1, -0.05) is 35.9 Å². The number of ether oxygens (including phenoxy) is 1. The van der Waals surface area contributed by atoms with Gasteiger partial charge in [0.05, 0.1) is 10.2 Å². The molecule has 2 aromatic carbocycles. The highest BCUT2D eigenvalue weighted by Crippen LogP contribution is 2.25. The summed E-state index contributed by atoms with van der Waals surface area (Å²) >= 11 is 7.14. The Kier molecular flexibility index (Phi) is 5.87. The van der Waals surface area contributed by atoms with Crippen LogP contribution >= 0.6 is 22.9 Å². The maximum Gasteiger partial charge on any atom is 0.308 e. The summed E-state index contributed by atoms with van der Waals surface area (Å²) < 4.78 is 8.37. The van der Waals surface area contributed by atoms with Crippen molar-refractivity contribution in [2.45, 2.75) is 39.3 Å². The summed E-state index contributed by atoms with van der Waals surface area (Å²) in [5, 5.41) is 3.43. The molecule has 0 saturated heterocycles. The number of hydrogen-bond acceptors (Lipinski definition) is 4. The Labute approximate surface area is 166 Å². The summed E-state index contributed by atoms with van der Waals surface area (Å²) in [5.41, 5.74) is 1.51. The van der Waals surface area contributed by atoms with E-state index >= 15 is 0 Å². The van der Waals surface area contributed by atoms with Gasteiger partial charge >= 0.3 is 4.87 Å². The lowest BCUT2D eigenvalue weighted by molar-refractivity contribution is -0.122. The smallest absolute Gasteiger partial charge is 0.308 e. The van der Waals surface area contributed by atoms with Gasteiger partial charge in [0.2, 0.25) is 0 Å². The van der Waals surface area contributed by atoms with Crippen molar-refractivity contribution in [3.8, 4) is 5.75 Å². The SMILES string of the molecule is CC[C@@H](Oc1cccc(Cl)c1)C(=O)Nc1ccc2c(c1)sc(=O)n2C(C)C. The summed E-state index contributed by atoms with van der Waals surface area (Å²) in [6, 6.07) is 12.5. The Morgan fingerprint density at radius 2 is 2.04 bits per heavy atom. The number of hydrogen-bond donors (Lipinski definition) is 1. The molecule has 0 aliphatic heterocycles. The lowest BCUT2D eigenvalue weighted by Crippen LogP contribution is -2.32. The van der Waals surface area contributed by atoms with Crippen molar-refractivity contribution >= 4 is 44.7 Å². The van der Waals surface area contributed by atoms with Crippen LogP contribution in [0.4, 0.5) is 5.69 Å². The molecular weight excluding hydrogens is 384 g/mol. The second kappa shape index (κ2) is 8.15. The summed E-state index contributed by atoms with van der Waals surface area (Å²) in [6.07, 6.45) is -0.129. The molecule has 5 nitrogen and oxygen atoms in total. The van der Waals surface area contributed by atoms with E-state index in [2.05, 4.69) is 5.32 Å². The molecule has 142 valence electrons. The van der Waals surface area contributed by atoms with Crippen LogP contribution in [0.25, 0.3) is 10.2 Å². The van der Waals surface area contributed by atoms with Crippen LogP contribution < -0.4 is 14.9 Å². The molecule has 0 aliphatic carbocycles. The van der Waals surface area contributed by atoms with Crippen LogP contribution in [0.3, 0.4) is 0 Å². The van der Waals surface area contributed by atoms with Crippen LogP contribution in [0.1, 0.15) is 33.2 Å². The van der Waals surface area contributed by atoms with Crippen molar-refractivity contribution in [1.82, 2.24) is 4.57 Å². The summed E-state index contributed by atoms with van der Waals surface area (Å²) in [5.74, 6) is 0.305. The number of amides is 1.